The van der Waals surface area contributed by atoms with Gasteiger partial charge < -0.3 is 14.7 Å². The van der Waals surface area contributed by atoms with Crippen molar-refractivity contribution in [2.75, 3.05) is 7.11 Å². The molecule has 27 heavy (non-hydrogen) atoms. The van der Waals surface area contributed by atoms with Gasteiger partial charge in [0.2, 0.25) is 11.3 Å². The molecule has 0 aliphatic heterocycles. The van der Waals surface area contributed by atoms with E-state index in [4.69, 9.17) is 9.47 Å². The Bertz CT molecular complexity index is 1050. The fraction of sp³-hybridized carbons (Fsp3) is 0.158. The van der Waals surface area contributed by atoms with E-state index in [9.17, 15) is 14.8 Å². The Balaban J connectivity index is 1.98. The van der Waals surface area contributed by atoms with Gasteiger partial charge in [0.05, 0.1) is 18.7 Å². The molecule has 0 aliphatic rings. The normalized spacial score (nSPS) is 10.6. The Labute approximate surface area is 163 Å². The van der Waals surface area contributed by atoms with E-state index in [2.05, 4.69) is 20.9 Å². The van der Waals surface area contributed by atoms with Crippen LogP contribution in [0.1, 0.15) is 33.5 Å². The van der Waals surface area contributed by atoms with Crippen LogP contribution in [-0.4, -0.2) is 23.8 Å². The van der Waals surface area contributed by atoms with E-state index in [1.807, 2.05) is 0 Å². The summed E-state index contributed by atoms with van der Waals surface area (Å²) in [6, 6.07) is 11.5. The summed E-state index contributed by atoms with van der Waals surface area (Å²) in [6.07, 6.45) is 0. The lowest BCUT2D eigenvalue weighted by Gasteiger charge is -2.11. The Kier molecular flexibility index (Phi) is 5.36. The molecule has 0 atom stereocenters. The minimum Gasteiger partial charge on any atom is -0.618 e. The number of aromatic nitrogens is 2. The van der Waals surface area contributed by atoms with Crippen LogP contribution in [0.5, 0.6) is 5.75 Å². The van der Waals surface area contributed by atoms with Gasteiger partial charge in [-0.2, -0.15) is 4.73 Å². The van der Waals surface area contributed by atoms with Gasteiger partial charge in [0, 0.05) is 11.4 Å². The number of hydrogen-bond acceptors (Lipinski definition) is 6. The first-order chi connectivity index (χ1) is 12.9. The molecular weight excluding hydrogens is 416 g/mol. The number of carbonyl (C=O) groups is 2. The Morgan fingerprint density at radius 2 is 1.96 bits per heavy atom. The summed E-state index contributed by atoms with van der Waals surface area (Å²) in [5.41, 5.74) is 0.817. The Morgan fingerprint density at radius 3 is 2.63 bits per heavy atom. The van der Waals surface area contributed by atoms with Gasteiger partial charge >= 0.3 is 5.97 Å². The lowest BCUT2D eigenvalue weighted by Crippen LogP contribution is -2.37. The summed E-state index contributed by atoms with van der Waals surface area (Å²) in [7, 11) is 1.48. The van der Waals surface area contributed by atoms with Crippen LogP contribution in [-0.2, 0) is 11.3 Å². The van der Waals surface area contributed by atoms with Crippen molar-refractivity contribution in [1.82, 2.24) is 4.98 Å². The first kappa shape index (κ1) is 18.8. The number of esters is 1. The van der Waals surface area contributed by atoms with E-state index in [-0.39, 0.29) is 23.5 Å². The van der Waals surface area contributed by atoms with Gasteiger partial charge in [-0.3, -0.25) is 4.79 Å². The number of hydrogen-bond donors (Lipinski definition) is 0. The average molecular weight is 431 g/mol. The maximum Gasteiger partial charge on any atom is 0.339 e. The largest absolute Gasteiger partial charge is 0.618 e. The Hall–Kier alpha value is -3.00. The predicted molar refractivity (Wildman–Crippen MR) is 101 cm³/mol. The van der Waals surface area contributed by atoms with Crippen LogP contribution in [0.15, 0.2) is 46.9 Å². The molecule has 0 aliphatic carbocycles. The maximum atomic E-state index is 12.7. The Morgan fingerprint density at radius 1 is 1.22 bits per heavy atom. The lowest BCUT2D eigenvalue weighted by molar-refractivity contribution is -0.580. The smallest absolute Gasteiger partial charge is 0.339 e. The van der Waals surface area contributed by atoms with Crippen molar-refractivity contribution >= 4 is 38.7 Å². The van der Waals surface area contributed by atoms with E-state index < -0.39 is 11.8 Å². The van der Waals surface area contributed by atoms with Crippen LogP contribution < -0.4 is 9.47 Å². The summed E-state index contributed by atoms with van der Waals surface area (Å²) in [5, 5.41) is 12.7. The summed E-state index contributed by atoms with van der Waals surface area (Å²) >= 11 is 3.28. The van der Waals surface area contributed by atoms with E-state index in [0.717, 1.165) is 0 Å². The topological polar surface area (TPSA) is 92.4 Å². The average Bonchev–Trinajstić information content (AvgIpc) is 2.66. The minimum atomic E-state index is -0.592. The monoisotopic (exact) mass is 430 g/mol. The number of halogens is 1. The summed E-state index contributed by atoms with van der Waals surface area (Å²) in [5.74, 6) is -0.600. The van der Waals surface area contributed by atoms with Gasteiger partial charge in [-0.1, -0.05) is 12.1 Å². The molecule has 0 saturated heterocycles. The van der Waals surface area contributed by atoms with Gasteiger partial charge in [0.1, 0.15) is 17.9 Å². The van der Waals surface area contributed by atoms with Crippen LogP contribution >= 0.6 is 15.9 Å². The molecule has 0 fully saturated rings. The van der Waals surface area contributed by atoms with E-state index >= 15 is 0 Å². The van der Waals surface area contributed by atoms with Gasteiger partial charge in [0.15, 0.2) is 5.69 Å². The molecular formula is C19H15BrN2O5. The number of fused-ring (bicyclic) bond motifs is 1. The number of nitrogens with zero attached hydrogens (tertiary/aromatic N) is 2. The van der Waals surface area contributed by atoms with Crippen molar-refractivity contribution < 1.29 is 23.8 Å². The molecule has 1 aromatic heterocycles. The van der Waals surface area contributed by atoms with Gasteiger partial charge in [0.25, 0.3) is 5.69 Å². The van der Waals surface area contributed by atoms with Crippen LogP contribution in [0.4, 0.5) is 0 Å². The number of Topliss-reactive ketones (excluding diaryl/α,β-unsaturated/α-hetero) is 1. The first-order valence-electron chi connectivity index (χ1n) is 7.95. The highest BCUT2D eigenvalue weighted by atomic mass is 79.9. The van der Waals surface area contributed by atoms with Gasteiger partial charge in [-0.05, 0) is 40.2 Å². The summed E-state index contributed by atoms with van der Waals surface area (Å²) in [6.45, 7) is 0.954. The second-order valence-corrected chi connectivity index (χ2v) is 6.52. The molecule has 0 N–H and O–H groups in total. The fourth-order valence-corrected chi connectivity index (χ4v) is 3.06. The van der Waals surface area contributed by atoms with Crippen LogP contribution in [0.25, 0.3) is 11.0 Å². The maximum absolute atomic E-state index is 12.7. The lowest BCUT2D eigenvalue weighted by atomic mass is 10.2. The number of ether oxygens (including phenoxy) is 2. The molecule has 0 spiro atoms. The van der Waals surface area contributed by atoms with Crippen LogP contribution in [0.3, 0.4) is 0 Å². The molecule has 0 radical (unpaired) electrons. The summed E-state index contributed by atoms with van der Waals surface area (Å²) in [4.78, 5) is 28.6. The highest BCUT2D eigenvalue weighted by Gasteiger charge is 2.25. The molecule has 7 nitrogen and oxygen atoms in total. The molecule has 0 unspecified atom stereocenters. The second-order valence-electron chi connectivity index (χ2n) is 5.67. The minimum absolute atomic E-state index is 0.0931. The van der Waals surface area contributed by atoms with Crippen molar-refractivity contribution in [3.63, 3.8) is 0 Å². The third-order valence-electron chi connectivity index (χ3n) is 3.90. The highest BCUT2D eigenvalue weighted by Crippen LogP contribution is 2.20. The predicted octanol–water partition coefficient (Wildman–Crippen LogP) is 3.20. The van der Waals surface area contributed by atoms with E-state index in [1.54, 1.807) is 36.4 Å². The molecule has 0 amide bonds. The molecule has 0 bridgehead atoms. The van der Waals surface area contributed by atoms with Gasteiger partial charge in [-0.25, -0.2) is 9.78 Å². The number of methoxy groups -OCH3 is 1. The SMILES string of the molecule is COc1ccc2nc(COC(=O)c3ccccc3Br)c(C(C)=O)[n+]([O-])c2c1. The molecule has 2 aromatic carbocycles. The molecule has 3 rings (SSSR count). The molecule has 138 valence electrons. The van der Waals surface area contributed by atoms with Gasteiger partial charge in [-0.15, -0.1) is 0 Å². The third-order valence-corrected chi connectivity index (χ3v) is 4.59. The molecule has 0 saturated carbocycles. The van der Waals surface area contributed by atoms with E-state index in [0.29, 0.717) is 26.0 Å². The first-order valence-corrected chi connectivity index (χ1v) is 8.74. The van der Waals surface area contributed by atoms with Crippen molar-refractivity contribution in [3.05, 3.63) is 69.1 Å². The number of rotatable bonds is 5. The number of benzene rings is 2. The second kappa shape index (κ2) is 7.71. The van der Waals surface area contributed by atoms with Crippen molar-refractivity contribution in [3.8, 4) is 5.75 Å². The van der Waals surface area contributed by atoms with Crippen molar-refractivity contribution in [1.29, 1.82) is 0 Å². The van der Waals surface area contributed by atoms with Crippen LogP contribution in [0, 0.1) is 5.21 Å². The van der Waals surface area contributed by atoms with Crippen LogP contribution in [0.2, 0.25) is 0 Å². The standard InChI is InChI=1S/C19H15BrN2O5/c1-11(23)18-16(10-27-19(24)13-5-3-4-6-14(13)20)21-15-8-7-12(26-2)9-17(15)22(18)25/h3-9H,10H2,1-2H3. The van der Waals surface area contributed by atoms with E-state index in [1.165, 1.54) is 20.1 Å². The van der Waals surface area contributed by atoms with Crippen molar-refractivity contribution in [2.45, 2.75) is 13.5 Å². The highest BCUT2D eigenvalue weighted by molar-refractivity contribution is 9.10. The zero-order chi connectivity index (χ0) is 19.6. The quantitative estimate of drug-likeness (QED) is 0.267. The third kappa shape index (κ3) is 3.75. The molecule has 1 heterocycles. The zero-order valence-corrected chi connectivity index (χ0v) is 16.1. The summed E-state index contributed by atoms with van der Waals surface area (Å²) < 4.78 is 11.5. The fourth-order valence-electron chi connectivity index (χ4n) is 2.61. The van der Waals surface area contributed by atoms with Crippen molar-refractivity contribution in [2.24, 2.45) is 0 Å². The molecule has 8 heteroatoms. The number of ketones is 1. The zero-order valence-electron chi connectivity index (χ0n) is 14.6. The number of carbonyl (C=O) groups excluding carboxylic acids is 2. The molecule has 3 aromatic rings.